The first-order valence-corrected chi connectivity index (χ1v) is 7.75. The smallest absolute Gasteiger partial charge is 0.338 e. The number of hydrogen-bond acceptors (Lipinski definition) is 6. The van der Waals surface area contributed by atoms with Crippen LogP contribution in [0, 0.1) is 0 Å². The molecule has 3 aromatic rings. The van der Waals surface area contributed by atoms with E-state index in [-0.39, 0.29) is 0 Å². The van der Waals surface area contributed by atoms with E-state index in [0.717, 1.165) is 16.8 Å². The van der Waals surface area contributed by atoms with Gasteiger partial charge in [-0.05, 0) is 12.5 Å². The number of esters is 1. The summed E-state index contributed by atoms with van der Waals surface area (Å²) in [6.45, 7) is 1.82. The third kappa shape index (κ3) is 2.38. The van der Waals surface area contributed by atoms with Crippen molar-refractivity contribution in [3.05, 3.63) is 59.7 Å². The topological polar surface area (TPSA) is 97.7 Å². The number of rotatable bonds is 3. The number of nitrogens with one attached hydrogen (secondary N) is 2. The Balaban J connectivity index is 1.92. The Morgan fingerprint density at radius 2 is 2.08 bits per heavy atom. The van der Waals surface area contributed by atoms with Gasteiger partial charge in [0.1, 0.15) is 12.4 Å². The molecule has 1 aliphatic rings. The predicted molar refractivity (Wildman–Crippen MR) is 90.5 cm³/mol. The number of ether oxygens (including phenoxy) is 1. The van der Waals surface area contributed by atoms with Gasteiger partial charge in [0.25, 0.3) is 0 Å². The fourth-order valence-corrected chi connectivity index (χ4v) is 3.09. The molecule has 2 N–H and O–H groups in total. The van der Waals surface area contributed by atoms with Crippen molar-refractivity contribution in [1.29, 1.82) is 0 Å². The van der Waals surface area contributed by atoms with Gasteiger partial charge in [0.2, 0.25) is 5.95 Å². The summed E-state index contributed by atoms with van der Waals surface area (Å²) in [6, 6.07) is 9.32. The van der Waals surface area contributed by atoms with E-state index >= 15 is 0 Å². The lowest BCUT2D eigenvalue weighted by atomic mass is 9.94. The average molecular weight is 336 g/mol. The van der Waals surface area contributed by atoms with Gasteiger partial charge in [-0.25, -0.2) is 9.48 Å². The fraction of sp³-hybridized carbons (Fsp3) is 0.176. The first kappa shape index (κ1) is 15.1. The number of hydrogen-bond donors (Lipinski definition) is 2. The zero-order chi connectivity index (χ0) is 17.4. The zero-order valence-corrected chi connectivity index (χ0v) is 13.7. The highest BCUT2D eigenvalue weighted by atomic mass is 16.5. The first-order valence-electron chi connectivity index (χ1n) is 7.75. The number of allylic oxidation sites excluding steroid dienone is 1. The number of aromatic amines is 1. The van der Waals surface area contributed by atoms with Crippen molar-refractivity contribution in [1.82, 2.24) is 25.0 Å². The lowest BCUT2D eigenvalue weighted by Gasteiger charge is -2.27. The van der Waals surface area contributed by atoms with Gasteiger partial charge in [-0.15, -0.1) is 0 Å². The summed E-state index contributed by atoms with van der Waals surface area (Å²) < 4.78 is 6.66. The molecule has 0 radical (unpaired) electrons. The minimum absolute atomic E-state index is 0.420. The van der Waals surface area contributed by atoms with Crippen molar-refractivity contribution in [2.24, 2.45) is 0 Å². The van der Waals surface area contributed by atoms with Crippen LogP contribution in [0.1, 0.15) is 18.5 Å². The number of benzene rings is 1. The number of H-pyrrole nitrogens is 1. The highest BCUT2D eigenvalue weighted by molar-refractivity contribution is 5.92. The molecule has 1 aromatic carbocycles. The van der Waals surface area contributed by atoms with Crippen LogP contribution in [0.3, 0.4) is 0 Å². The molecule has 0 unspecified atom stereocenters. The number of nitrogens with zero attached hydrogens (tertiary/aromatic N) is 4. The number of methoxy groups -OCH3 is 1. The lowest BCUT2D eigenvalue weighted by molar-refractivity contribution is -0.136. The van der Waals surface area contributed by atoms with E-state index in [9.17, 15) is 4.79 Å². The molecule has 1 atom stereocenters. The van der Waals surface area contributed by atoms with Gasteiger partial charge >= 0.3 is 5.97 Å². The number of carbonyl (C=O) groups is 1. The van der Waals surface area contributed by atoms with Crippen molar-refractivity contribution < 1.29 is 9.53 Å². The van der Waals surface area contributed by atoms with Crippen LogP contribution in [0.15, 0.2) is 54.1 Å². The summed E-state index contributed by atoms with van der Waals surface area (Å²) in [5.74, 6) is 0.145. The Labute approximate surface area is 143 Å². The normalized spacial score (nSPS) is 16.3. The van der Waals surface area contributed by atoms with Gasteiger partial charge in [-0.1, -0.05) is 30.3 Å². The van der Waals surface area contributed by atoms with Gasteiger partial charge < -0.3 is 10.1 Å². The maximum absolute atomic E-state index is 12.5. The van der Waals surface area contributed by atoms with Crippen molar-refractivity contribution in [3.8, 4) is 11.3 Å². The second-order valence-corrected chi connectivity index (χ2v) is 5.65. The van der Waals surface area contributed by atoms with E-state index in [4.69, 9.17) is 4.74 Å². The van der Waals surface area contributed by atoms with Gasteiger partial charge in [-0.3, -0.25) is 5.10 Å². The SMILES string of the molecule is COC(=O)C1=C(C)Nc2ncnn2[C@@H]1c1cn[nH]c1-c1ccccc1. The molecule has 126 valence electrons. The Hall–Kier alpha value is -3.42. The molecule has 8 nitrogen and oxygen atoms in total. The van der Waals surface area contributed by atoms with Crippen LogP contribution in [0.25, 0.3) is 11.3 Å². The lowest BCUT2D eigenvalue weighted by Crippen LogP contribution is -2.29. The quantitative estimate of drug-likeness (QED) is 0.711. The van der Waals surface area contributed by atoms with Gasteiger partial charge in [-0.2, -0.15) is 15.2 Å². The van der Waals surface area contributed by atoms with E-state index < -0.39 is 12.0 Å². The number of anilines is 1. The van der Waals surface area contributed by atoms with Crippen molar-refractivity contribution in [2.45, 2.75) is 13.0 Å². The monoisotopic (exact) mass is 336 g/mol. The van der Waals surface area contributed by atoms with Crippen molar-refractivity contribution in [3.63, 3.8) is 0 Å². The molecule has 0 saturated carbocycles. The largest absolute Gasteiger partial charge is 0.466 e. The van der Waals surface area contributed by atoms with E-state index in [0.29, 0.717) is 17.2 Å². The third-order valence-electron chi connectivity index (χ3n) is 4.23. The maximum atomic E-state index is 12.5. The fourth-order valence-electron chi connectivity index (χ4n) is 3.09. The van der Waals surface area contributed by atoms with Crippen LogP contribution in [0.2, 0.25) is 0 Å². The highest BCUT2D eigenvalue weighted by Gasteiger charge is 2.36. The molecule has 1 aliphatic heterocycles. The third-order valence-corrected chi connectivity index (χ3v) is 4.23. The van der Waals surface area contributed by atoms with Crippen LogP contribution in [0.5, 0.6) is 0 Å². The Morgan fingerprint density at radius 1 is 1.28 bits per heavy atom. The summed E-state index contributed by atoms with van der Waals surface area (Å²) in [5.41, 5.74) is 3.76. The molecule has 8 heteroatoms. The number of carbonyl (C=O) groups excluding carboxylic acids is 1. The van der Waals surface area contributed by atoms with Gasteiger partial charge in [0, 0.05) is 11.3 Å². The molecule has 3 heterocycles. The maximum Gasteiger partial charge on any atom is 0.338 e. The number of fused-ring (bicyclic) bond motifs is 1. The highest BCUT2D eigenvalue weighted by Crippen LogP contribution is 2.38. The van der Waals surface area contributed by atoms with Crippen molar-refractivity contribution >= 4 is 11.9 Å². The van der Waals surface area contributed by atoms with Crippen LogP contribution in [0.4, 0.5) is 5.95 Å². The van der Waals surface area contributed by atoms with E-state index in [2.05, 4.69) is 25.6 Å². The molecule has 0 amide bonds. The average Bonchev–Trinajstić information content (AvgIpc) is 3.29. The molecule has 0 saturated heterocycles. The number of aromatic nitrogens is 5. The van der Waals surface area contributed by atoms with Crippen LogP contribution in [-0.4, -0.2) is 38.0 Å². The standard InChI is InChI=1S/C17H16N6O2/c1-10-13(16(24)25-2)15(23-17(21-10)18-9-20-23)12-8-19-22-14(12)11-6-4-3-5-7-11/h3-9,15H,1-2H3,(H,19,22)(H,18,20,21)/t15-/m1/s1. The first-order chi connectivity index (χ1) is 12.2. The van der Waals surface area contributed by atoms with E-state index in [1.165, 1.54) is 13.4 Å². The molecule has 4 rings (SSSR count). The van der Waals surface area contributed by atoms with Crippen molar-refractivity contribution in [2.75, 3.05) is 12.4 Å². The van der Waals surface area contributed by atoms with Crippen LogP contribution in [-0.2, 0) is 9.53 Å². The minimum atomic E-state index is -0.486. The summed E-state index contributed by atoms with van der Waals surface area (Å²) in [6.07, 6.45) is 3.16. The summed E-state index contributed by atoms with van der Waals surface area (Å²) in [4.78, 5) is 16.7. The van der Waals surface area contributed by atoms with Crippen LogP contribution < -0.4 is 5.32 Å². The molecule has 0 spiro atoms. The predicted octanol–water partition coefficient (Wildman–Crippen LogP) is 2.13. The van der Waals surface area contributed by atoms with Gasteiger partial charge in [0.05, 0.1) is 24.6 Å². The summed E-state index contributed by atoms with van der Waals surface area (Å²) in [7, 11) is 1.37. The second kappa shape index (κ2) is 5.90. The van der Waals surface area contributed by atoms with Crippen LogP contribution >= 0.6 is 0 Å². The molecule has 25 heavy (non-hydrogen) atoms. The molecular weight excluding hydrogens is 320 g/mol. The molecule has 0 aliphatic carbocycles. The Kier molecular flexibility index (Phi) is 3.57. The summed E-state index contributed by atoms with van der Waals surface area (Å²) >= 11 is 0. The zero-order valence-electron chi connectivity index (χ0n) is 13.7. The Morgan fingerprint density at radius 3 is 2.84 bits per heavy atom. The minimum Gasteiger partial charge on any atom is -0.466 e. The Bertz CT molecular complexity index is 956. The molecule has 0 fully saturated rings. The van der Waals surface area contributed by atoms with Gasteiger partial charge in [0.15, 0.2) is 0 Å². The second-order valence-electron chi connectivity index (χ2n) is 5.65. The molecule has 0 bridgehead atoms. The summed E-state index contributed by atoms with van der Waals surface area (Å²) in [5, 5.41) is 14.6. The molecule has 2 aromatic heterocycles. The van der Waals surface area contributed by atoms with E-state index in [1.54, 1.807) is 10.9 Å². The van der Waals surface area contributed by atoms with E-state index in [1.807, 2.05) is 37.3 Å². The molecular formula is C17H16N6O2.